The number of fused-ring (bicyclic) bond motifs is 2. The Kier molecular flexibility index (Phi) is 4.34. The van der Waals surface area contributed by atoms with Gasteiger partial charge in [-0.3, -0.25) is 0 Å². The van der Waals surface area contributed by atoms with E-state index in [4.69, 9.17) is 19.6 Å². The highest BCUT2D eigenvalue weighted by molar-refractivity contribution is 8.32. The molecule has 0 radical (unpaired) electrons. The summed E-state index contributed by atoms with van der Waals surface area (Å²) in [5.41, 5.74) is 3.88. The summed E-state index contributed by atoms with van der Waals surface area (Å²) in [6, 6.07) is 4.34. The molecule has 8 heteroatoms. The maximum Gasteiger partial charge on any atom is 0.231 e. The molecule has 1 fully saturated rings. The molecule has 29 heavy (non-hydrogen) atoms. The van der Waals surface area contributed by atoms with Gasteiger partial charge in [0.05, 0.1) is 17.1 Å². The molecule has 7 nitrogen and oxygen atoms in total. The van der Waals surface area contributed by atoms with Gasteiger partial charge in [-0.25, -0.2) is 19.7 Å². The Morgan fingerprint density at radius 1 is 1.10 bits per heavy atom. The number of nitrogens with one attached hydrogen (secondary N) is 1. The summed E-state index contributed by atoms with van der Waals surface area (Å²) in [5.74, 6) is 4.69. The van der Waals surface area contributed by atoms with Crippen LogP contribution in [0.25, 0.3) is 11.0 Å². The van der Waals surface area contributed by atoms with Crippen LogP contribution in [0.5, 0.6) is 11.5 Å². The Hall–Kier alpha value is -2.48. The lowest BCUT2D eigenvalue weighted by molar-refractivity contribution is 0.174. The van der Waals surface area contributed by atoms with Crippen LogP contribution < -0.4 is 14.8 Å². The zero-order chi connectivity index (χ0) is 20.2. The van der Waals surface area contributed by atoms with E-state index in [-0.39, 0.29) is 6.79 Å². The number of ether oxygens (including phenoxy) is 2. The van der Waals surface area contributed by atoms with Gasteiger partial charge in [-0.1, -0.05) is 0 Å². The molecular formula is C21H27N5O2S. The molecule has 0 saturated carbocycles. The van der Waals surface area contributed by atoms with E-state index >= 15 is 0 Å². The van der Waals surface area contributed by atoms with Crippen LogP contribution in [-0.4, -0.2) is 50.6 Å². The van der Waals surface area contributed by atoms with Gasteiger partial charge >= 0.3 is 0 Å². The van der Waals surface area contributed by atoms with Crippen molar-refractivity contribution in [3.8, 4) is 11.5 Å². The molecule has 0 amide bonds. The van der Waals surface area contributed by atoms with Crippen molar-refractivity contribution in [2.24, 2.45) is 0 Å². The number of anilines is 2. The van der Waals surface area contributed by atoms with Crippen molar-refractivity contribution in [3.05, 3.63) is 29.6 Å². The lowest BCUT2D eigenvalue weighted by Gasteiger charge is -2.39. The van der Waals surface area contributed by atoms with Crippen molar-refractivity contribution in [2.45, 2.75) is 32.7 Å². The molecule has 1 aromatic carbocycles. The maximum absolute atomic E-state index is 5.51. The third-order valence-electron chi connectivity index (χ3n) is 5.95. The number of rotatable bonds is 3. The van der Waals surface area contributed by atoms with E-state index in [9.17, 15) is 0 Å². The molecular weight excluding hydrogens is 386 g/mol. The van der Waals surface area contributed by atoms with Gasteiger partial charge in [-0.2, -0.15) is 10.1 Å². The van der Waals surface area contributed by atoms with Gasteiger partial charge in [-0.15, -0.1) is 0 Å². The van der Waals surface area contributed by atoms with Crippen molar-refractivity contribution < 1.29 is 9.47 Å². The normalized spacial score (nSPS) is 19.4. The molecule has 4 heterocycles. The van der Waals surface area contributed by atoms with Crippen LogP contribution in [0.15, 0.2) is 18.3 Å². The Bertz CT molecular complexity index is 1080. The minimum atomic E-state index is -0.437. The zero-order valence-corrected chi connectivity index (χ0v) is 18.2. The highest BCUT2D eigenvalue weighted by atomic mass is 32.3. The smallest absolute Gasteiger partial charge is 0.231 e. The standard InChI is InChI=1S/C21H27N5O2S/c1-13-9-18-19(28-12-27-18)10-17(13)23-21-22-11-16-14(2)25-26(20(16)24-21)15-5-7-29(3,4)8-6-15/h9-11,15H,5-8,12H2,1-4H3,(H,22,23,24). The molecule has 0 unspecified atom stereocenters. The SMILES string of the molecule is Cc1cc2c(cc1Nc1ncc3c(C)nn(C4CCS(C)(C)CC4)c3n1)OCO2. The predicted molar refractivity (Wildman–Crippen MR) is 118 cm³/mol. The van der Waals surface area contributed by atoms with Gasteiger partial charge in [0.1, 0.15) is 0 Å². The number of nitrogens with zero attached hydrogens (tertiary/aromatic N) is 4. The fourth-order valence-corrected chi connectivity index (χ4v) is 6.10. The summed E-state index contributed by atoms with van der Waals surface area (Å²) in [5, 5.41) is 9.21. The van der Waals surface area contributed by atoms with Crippen LogP contribution in [0.3, 0.4) is 0 Å². The number of benzene rings is 1. The molecule has 0 bridgehead atoms. The van der Waals surface area contributed by atoms with E-state index in [0.29, 0.717) is 12.0 Å². The topological polar surface area (TPSA) is 74.1 Å². The summed E-state index contributed by atoms with van der Waals surface area (Å²) in [4.78, 5) is 9.39. The molecule has 5 rings (SSSR count). The van der Waals surface area contributed by atoms with Crippen LogP contribution in [-0.2, 0) is 0 Å². The summed E-state index contributed by atoms with van der Waals surface area (Å²) >= 11 is 0. The fraction of sp³-hybridized carbons (Fsp3) is 0.476. The summed E-state index contributed by atoms with van der Waals surface area (Å²) in [7, 11) is -0.437. The number of aryl methyl sites for hydroxylation is 2. The van der Waals surface area contributed by atoms with Crippen molar-refractivity contribution in [1.82, 2.24) is 19.7 Å². The van der Waals surface area contributed by atoms with E-state index in [1.54, 1.807) is 0 Å². The second kappa shape index (κ2) is 6.79. The summed E-state index contributed by atoms with van der Waals surface area (Å²) in [6.45, 7) is 4.33. The highest BCUT2D eigenvalue weighted by Crippen LogP contribution is 2.48. The molecule has 0 spiro atoms. The van der Waals surface area contributed by atoms with E-state index in [2.05, 4.69) is 27.5 Å². The number of aromatic nitrogens is 4. The molecule has 0 atom stereocenters. The van der Waals surface area contributed by atoms with Crippen LogP contribution >= 0.6 is 10.0 Å². The number of hydrogen-bond donors (Lipinski definition) is 1. The van der Waals surface area contributed by atoms with Gasteiger partial charge in [0.15, 0.2) is 17.1 Å². The zero-order valence-electron chi connectivity index (χ0n) is 17.4. The molecule has 0 aliphatic carbocycles. The van der Waals surface area contributed by atoms with Gasteiger partial charge in [-0.05, 0) is 62.3 Å². The molecule has 2 aliphatic heterocycles. The van der Waals surface area contributed by atoms with Crippen LogP contribution in [0.2, 0.25) is 0 Å². The van der Waals surface area contributed by atoms with E-state index in [1.807, 2.05) is 32.2 Å². The molecule has 1 saturated heterocycles. The van der Waals surface area contributed by atoms with Crippen LogP contribution in [0.4, 0.5) is 11.6 Å². The van der Waals surface area contributed by atoms with Crippen molar-refractivity contribution in [2.75, 3.05) is 36.1 Å². The van der Waals surface area contributed by atoms with Gasteiger partial charge < -0.3 is 14.8 Å². The monoisotopic (exact) mass is 413 g/mol. The van der Waals surface area contributed by atoms with Crippen molar-refractivity contribution in [1.29, 1.82) is 0 Å². The Morgan fingerprint density at radius 3 is 2.59 bits per heavy atom. The van der Waals surface area contributed by atoms with Crippen molar-refractivity contribution in [3.63, 3.8) is 0 Å². The average Bonchev–Trinajstić information content (AvgIpc) is 3.26. The van der Waals surface area contributed by atoms with Crippen LogP contribution in [0.1, 0.15) is 30.1 Å². The molecule has 2 aliphatic rings. The Balaban J connectivity index is 1.47. The minimum absolute atomic E-state index is 0.263. The second-order valence-electron chi connectivity index (χ2n) is 8.51. The lowest BCUT2D eigenvalue weighted by atomic mass is 10.1. The first kappa shape index (κ1) is 18.5. The molecule has 2 aromatic heterocycles. The fourth-order valence-electron chi connectivity index (χ4n) is 4.08. The van der Waals surface area contributed by atoms with Crippen molar-refractivity contribution >= 4 is 32.7 Å². The first-order valence-electron chi connectivity index (χ1n) is 9.97. The quantitative estimate of drug-likeness (QED) is 0.689. The summed E-state index contributed by atoms with van der Waals surface area (Å²) < 4.78 is 13.1. The lowest BCUT2D eigenvalue weighted by Crippen LogP contribution is -2.23. The Labute approximate surface area is 172 Å². The first-order valence-corrected chi connectivity index (χ1v) is 12.8. The highest BCUT2D eigenvalue weighted by Gasteiger charge is 2.27. The molecule has 3 aromatic rings. The first-order chi connectivity index (χ1) is 13.9. The van der Waals surface area contributed by atoms with E-state index in [1.165, 1.54) is 24.3 Å². The Morgan fingerprint density at radius 2 is 1.83 bits per heavy atom. The molecule has 154 valence electrons. The van der Waals surface area contributed by atoms with E-state index in [0.717, 1.165) is 39.5 Å². The van der Waals surface area contributed by atoms with Gasteiger partial charge in [0.25, 0.3) is 0 Å². The maximum atomic E-state index is 5.51. The predicted octanol–water partition coefficient (Wildman–Crippen LogP) is 4.31. The molecule has 1 N–H and O–H groups in total. The van der Waals surface area contributed by atoms with Gasteiger partial charge in [0.2, 0.25) is 12.7 Å². The van der Waals surface area contributed by atoms with Crippen LogP contribution in [0, 0.1) is 13.8 Å². The minimum Gasteiger partial charge on any atom is -0.454 e. The average molecular weight is 414 g/mol. The summed E-state index contributed by atoms with van der Waals surface area (Å²) in [6.07, 6.45) is 9.10. The third-order valence-corrected chi connectivity index (χ3v) is 8.63. The largest absolute Gasteiger partial charge is 0.454 e. The van der Waals surface area contributed by atoms with E-state index < -0.39 is 10.0 Å². The second-order valence-corrected chi connectivity index (χ2v) is 12.9. The van der Waals surface area contributed by atoms with Gasteiger partial charge in [0, 0.05) is 18.0 Å². The third kappa shape index (κ3) is 3.39. The number of hydrogen-bond acceptors (Lipinski definition) is 6.